The van der Waals surface area contributed by atoms with Gasteiger partial charge in [-0.15, -0.1) is 0 Å². The number of halogens is 1. The van der Waals surface area contributed by atoms with Crippen LogP contribution in [-0.4, -0.2) is 25.1 Å². The summed E-state index contributed by atoms with van der Waals surface area (Å²) in [5.41, 5.74) is 1.19. The summed E-state index contributed by atoms with van der Waals surface area (Å²) in [5, 5.41) is 0.484. The van der Waals surface area contributed by atoms with Crippen molar-refractivity contribution in [2.45, 2.75) is 11.8 Å². The number of rotatable bonds is 5. The van der Waals surface area contributed by atoms with Crippen LogP contribution in [0.4, 0.5) is 5.69 Å². The highest BCUT2D eigenvalue weighted by Crippen LogP contribution is 2.29. The zero-order valence-corrected chi connectivity index (χ0v) is 19.1. The van der Waals surface area contributed by atoms with E-state index in [1.165, 1.54) is 17.7 Å². The Morgan fingerprint density at radius 3 is 2.58 bits per heavy atom. The van der Waals surface area contributed by atoms with Crippen molar-refractivity contribution in [3.05, 3.63) is 87.4 Å². The van der Waals surface area contributed by atoms with Crippen LogP contribution in [0, 0.1) is 6.92 Å². The van der Waals surface area contributed by atoms with E-state index in [0.29, 0.717) is 32.6 Å². The molecule has 0 fully saturated rings. The molecule has 0 aliphatic carbocycles. The number of ether oxygens (including phenoxy) is 1. The lowest BCUT2D eigenvalue weighted by molar-refractivity contribution is 0.403. The lowest BCUT2D eigenvalue weighted by atomic mass is 10.2. The Balaban J connectivity index is 1.78. The highest BCUT2D eigenvalue weighted by atomic mass is 79.9. The van der Waals surface area contributed by atoms with Gasteiger partial charge in [-0.2, -0.15) is 0 Å². The first-order valence-corrected chi connectivity index (χ1v) is 11.5. The molecule has 1 aromatic heterocycles. The summed E-state index contributed by atoms with van der Waals surface area (Å²) in [6, 6.07) is 18.4. The van der Waals surface area contributed by atoms with Crippen molar-refractivity contribution in [3.63, 3.8) is 0 Å². The summed E-state index contributed by atoms with van der Waals surface area (Å²) in [6.07, 6.45) is 0. The van der Waals surface area contributed by atoms with E-state index in [-0.39, 0.29) is 16.2 Å². The van der Waals surface area contributed by atoms with Crippen molar-refractivity contribution in [1.29, 1.82) is 0 Å². The van der Waals surface area contributed by atoms with E-state index >= 15 is 0 Å². The first-order chi connectivity index (χ1) is 14.8. The molecule has 31 heavy (non-hydrogen) atoms. The van der Waals surface area contributed by atoms with Gasteiger partial charge in [0.15, 0.2) is 0 Å². The lowest BCUT2D eigenvalue weighted by Gasteiger charge is -2.14. The number of fused-ring (bicyclic) bond motifs is 1. The van der Waals surface area contributed by atoms with E-state index in [2.05, 4.69) is 25.6 Å². The molecular formula is C22H18BrN3O4S. The molecule has 0 amide bonds. The Bertz CT molecular complexity index is 1470. The first kappa shape index (κ1) is 21.1. The van der Waals surface area contributed by atoms with Crippen LogP contribution in [0.15, 0.2) is 80.9 Å². The fraction of sp³-hybridized carbons (Fsp3) is 0.0909. The molecule has 0 unspecified atom stereocenters. The van der Waals surface area contributed by atoms with E-state index in [4.69, 9.17) is 4.74 Å². The van der Waals surface area contributed by atoms with Gasteiger partial charge < -0.3 is 4.74 Å². The molecule has 158 valence electrons. The van der Waals surface area contributed by atoms with Crippen LogP contribution in [0.25, 0.3) is 16.6 Å². The third kappa shape index (κ3) is 4.06. The number of hydrogen-bond donors (Lipinski definition) is 1. The fourth-order valence-electron chi connectivity index (χ4n) is 3.33. The van der Waals surface area contributed by atoms with Crippen LogP contribution in [0.1, 0.15) is 5.82 Å². The fourth-order valence-corrected chi connectivity index (χ4v) is 5.09. The van der Waals surface area contributed by atoms with Gasteiger partial charge in [0.1, 0.15) is 16.5 Å². The topological polar surface area (TPSA) is 90.3 Å². The van der Waals surface area contributed by atoms with E-state index in [0.717, 1.165) is 0 Å². The highest BCUT2D eigenvalue weighted by Gasteiger charge is 2.20. The number of aryl methyl sites for hydroxylation is 1. The number of benzene rings is 3. The van der Waals surface area contributed by atoms with Crippen molar-refractivity contribution >= 4 is 42.5 Å². The average Bonchev–Trinajstić information content (AvgIpc) is 2.74. The molecule has 0 saturated carbocycles. The van der Waals surface area contributed by atoms with Gasteiger partial charge in [0.25, 0.3) is 15.6 Å². The van der Waals surface area contributed by atoms with E-state index in [9.17, 15) is 13.2 Å². The molecule has 0 spiro atoms. The van der Waals surface area contributed by atoms with Crippen molar-refractivity contribution < 1.29 is 13.2 Å². The van der Waals surface area contributed by atoms with Gasteiger partial charge in [0.05, 0.1) is 29.4 Å². The van der Waals surface area contributed by atoms with Crippen LogP contribution in [0.5, 0.6) is 5.75 Å². The van der Waals surface area contributed by atoms with Gasteiger partial charge in [-0.25, -0.2) is 13.4 Å². The van der Waals surface area contributed by atoms with Gasteiger partial charge in [0, 0.05) is 4.47 Å². The molecule has 0 aliphatic rings. The molecule has 0 atom stereocenters. The van der Waals surface area contributed by atoms with Crippen LogP contribution in [-0.2, 0) is 10.0 Å². The number of para-hydroxylation sites is 1. The summed E-state index contributed by atoms with van der Waals surface area (Å²) in [6.45, 7) is 1.73. The van der Waals surface area contributed by atoms with Gasteiger partial charge >= 0.3 is 0 Å². The zero-order chi connectivity index (χ0) is 22.2. The Hall–Kier alpha value is -3.17. The largest absolute Gasteiger partial charge is 0.495 e. The molecule has 4 aromatic rings. The molecule has 3 aromatic carbocycles. The molecule has 1 heterocycles. The Morgan fingerprint density at radius 1 is 1.03 bits per heavy atom. The number of nitrogens with one attached hydrogen (secondary N) is 1. The highest BCUT2D eigenvalue weighted by molar-refractivity contribution is 9.10. The molecule has 1 N–H and O–H groups in total. The van der Waals surface area contributed by atoms with Gasteiger partial charge in [-0.1, -0.05) is 34.1 Å². The molecule has 7 nitrogen and oxygen atoms in total. The SMILES string of the molecule is COc1ccc(Br)cc1S(=O)(=O)Nc1cccc(-n2c(C)nc3ccccc3c2=O)c1. The number of nitrogens with zero attached hydrogens (tertiary/aromatic N) is 2. The number of hydrogen-bond acceptors (Lipinski definition) is 5. The van der Waals surface area contributed by atoms with Gasteiger partial charge in [-0.05, 0) is 55.5 Å². The second-order valence-corrected chi connectivity index (χ2v) is 9.33. The Labute approximate surface area is 187 Å². The van der Waals surface area contributed by atoms with Crippen molar-refractivity contribution in [3.8, 4) is 11.4 Å². The van der Waals surface area contributed by atoms with E-state index in [1.807, 2.05) is 6.07 Å². The van der Waals surface area contributed by atoms with Crippen molar-refractivity contribution in [1.82, 2.24) is 9.55 Å². The number of aromatic nitrogens is 2. The minimum atomic E-state index is -3.94. The normalized spacial score (nSPS) is 11.5. The maximum absolute atomic E-state index is 13.1. The number of anilines is 1. The summed E-state index contributed by atoms with van der Waals surface area (Å²) >= 11 is 3.29. The molecule has 4 rings (SSSR count). The van der Waals surface area contributed by atoms with Crippen molar-refractivity contribution in [2.24, 2.45) is 0 Å². The number of sulfonamides is 1. The maximum Gasteiger partial charge on any atom is 0.265 e. The lowest BCUT2D eigenvalue weighted by Crippen LogP contribution is -2.22. The van der Waals surface area contributed by atoms with Crippen LogP contribution < -0.4 is 15.0 Å². The predicted octanol–water partition coefficient (Wildman–Crippen LogP) is 4.27. The number of methoxy groups -OCH3 is 1. The van der Waals surface area contributed by atoms with Gasteiger partial charge in [-0.3, -0.25) is 14.1 Å². The summed E-state index contributed by atoms with van der Waals surface area (Å²) in [4.78, 5) is 17.5. The minimum absolute atomic E-state index is 0.00417. The molecule has 9 heteroatoms. The maximum atomic E-state index is 13.1. The monoisotopic (exact) mass is 499 g/mol. The van der Waals surface area contributed by atoms with E-state index < -0.39 is 10.0 Å². The average molecular weight is 500 g/mol. The predicted molar refractivity (Wildman–Crippen MR) is 124 cm³/mol. The second-order valence-electron chi connectivity index (χ2n) is 6.77. The second kappa shape index (κ2) is 8.16. The third-order valence-electron chi connectivity index (χ3n) is 4.72. The molecule has 0 aliphatic heterocycles. The smallest absolute Gasteiger partial charge is 0.265 e. The standard InChI is InChI=1S/C22H18BrN3O4S/c1-14-24-19-9-4-3-8-18(19)22(27)26(14)17-7-5-6-16(13-17)25-31(28,29)21-12-15(23)10-11-20(21)30-2/h3-13,25H,1-2H3. The first-order valence-electron chi connectivity index (χ1n) is 9.25. The Kier molecular flexibility index (Phi) is 5.55. The zero-order valence-electron chi connectivity index (χ0n) is 16.7. The van der Waals surface area contributed by atoms with E-state index in [1.54, 1.807) is 61.5 Å². The molecular weight excluding hydrogens is 482 g/mol. The molecule has 0 bridgehead atoms. The summed E-state index contributed by atoms with van der Waals surface area (Å²) in [7, 11) is -2.53. The quantitative estimate of drug-likeness (QED) is 0.442. The molecule has 0 radical (unpaired) electrons. The summed E-state index contributed by atoms with van der Waals surface area (Å²) < 4.78 is 35.8. The van der Waals surface area contributed by atoms with Crippen LogP contribution >= 0.6 is 15.9 Å². The van der Waals surface area contributed by atoms with Crippen LogP contribution in [0.2, 0.25) is 0 Å². The summed E-state index contributed by atoms with van der Waals surface area (Å²) in [5.74, 6) is 0.718. The minimum Gasteiger partial charge on any atom is -0.495 e. The van der Waals surface area contributed by atoms with Crippen LogP contribution in [0.3, 0.4) is 0 Å². The molecule has 0 saturated heterocycles. The third-order valence-corrected chi connectivity index (χ3v) is 6.61. The van der Waals surface area contributed by atoms with Crippen molar-refractivity contribution in [2.75, 3.05) is 11.8 Å². The Morgan fingerprint density at radius 2 is 1.81 bits per heavy atom. The van der Waals surface area contributed by atoms with Gasteiger partial charge in [0.2, 0.25) is 0 Å².